The summed E-state index contributed by atoms with van der Waals surface area (Å²) in [5.74, 6) is 0. The molecule has 0 aromatic rings. The minimum atomic E-state index is 0.935. The zero-order valence-corrected chi connectivity index (χ0v) is 14.4. The van der Waals surface area contributed by atoms with Crippen molar-refractivity contribution in [1.29, 1.82) is 0 Å². The Hall–Kier alpha value is 0.700. The smallest absolute Gasteiger partial charge is 0.0169 e. The quantitative estimate of drug-likeness (QED) is 0.526. The van der Waals surface area contributed by atoms with Crippen molar-refractivity contribution in [3.8, 4) is 0 Å². The normalized spacial score (nSPS) is 32.7. The Kier molecular flexibility index (Phi) is 8.92. The van der Waals surface area contributed by atoms with Gasteiger partial charge in [-0.15, -0.1) is 0 Å². The Morgan fingerprint density at radius 1 is 0.500 bits per heavy atom. The van der Waals surface area contributed by atoms with E-state index in [-0.39, 0.29) is 0 Å². The average Bonchev–Trinajstić information content (AvgIpc) is 2.35. The second kappa shape index (κ2) is 9.58. The van der Waals surface area contributed by atoms with Crippen molar-refractivity contribution in [3.05, 3.63) is 0 Å². The zero-order chi connectivity index (χ0) is 13.4. The van der Waals surface area contributed by atoms with Crippen LogP contribution in [0, 0.1) is 0 Å². The Morgan fingerprint density at radius 3 is 0.889 bits per heavy atom. The molecule has 0 spiro atoms. The van der Waals surface area contributed by atoms with Gasteiger partial charge in [-0.1, -0.05) is 53.4 Å². The molecular weight excluding hydrogens is 256 g/mol. The molecule has 0 aromatic heterocycles. The first kappa shape index (κ1) is 16.8. The first-order valence-electron chi connectivity index (χ1n) is 8.07. The molecular formula is C16H32S2. The van der Waals surface area contributed by atoms with Gasteiger partial charge < -0.3 is 0 Å². The third-order valence-electron chi connectivity index (χ3n) is 3.82. The monoisotopic (exact) mass is 288 g/mol. The van der Waals surface area contributed by atoms with Crippen LogP contribution in [0.4, 0.5) is 0 Å². The van der Waals surface area contributed by atoms with Crippen LogP contribution in [0.25, 0.3) is 0 Å². The van der Waals surface area contributed by atoms with Gasteiger partial charge in [-0.25, -0.2) is 0 Å². The molecule has 1 saturated heterocycles. The lowest BCUT2D eigenvalue weighted by Gasteiger charge is -2.41. The van der Waals surface area contributed by atoms with Crippen molar-refractivity contribution < 1.29 is 0 Å². The van der Waals surface area contributed by atoms with Crippen molar-refractivity contribution in [1.82, 2.24) is 0 Å². The van der Waals surface area contributed by atoms with Crippen LogP contribution in [0.15, 0.2) is 0 Å². The van der Waals surface area contributed by atoms with Crippen molar-refractivity contribution in [2.24, 2.45) is 0 Å². The van der Waals surface area contributed by atoms with Gasteiger partial charge in [-0.2, -0.15) is 23.5 Å². The third kappa shape index (κ3) is 5.00. The van der Waals surface area contributed by atoms with Crippen LogP contribution in [0.5, 0.6) is 0 Å². The Balaban J connectivity index is 2.64. The molecule has 1 aliphatic rings. The Morgan fingerprint density at radius 2 is 0.722 bits per heavy atom. The number of rotatable bonds is 8. The summed E-state index contributed by atoms with van der Waals surface area (Å²) in [6.45, 7) is 9.39. The van der Waals surface area contributed by atoms with Crippen molar-refractivity contribution in [3.63, 3.8) is 0 Å². The molecule has 1 fully saturated rings. The van der Waals surface area contributed by atoms with Crippen LogP contribution in [0.2, 0.25) is 0 Å². The minimum Gasteiger partial charge on any atom is -0.153 e. The maximum atomic E-state index is 2.36. The molecule has 1 rings (SSSR count). The molecule has 1 heterocycles. The van der Waals surface area contributed by atoms with E-state index >= 15 is 0 Å². The van der Waals surface area contributed by atoms with Crippen LogP contribution in [-0.4, -0.2) is 21.0 Å². The summed E-state index contributed by atoms with van der Waals surface area (Å²) < 4.78 is 0. The van der Waals surface area contributed by atoms with E-state index in [4.69, 9.17) is 0 Å². The van der Waals surface area contributed by atoms with Gasteiger partial charge in [-0.3, -0.25) is 0 Å². The molecule has 0 bridgehead atoms. The lowest BCUT2D eigenvalue weighted by atomic mass is 10.1. The van der Waals surface area contributed by atoms with E-state index in [2.05, 4.69) is 51.2 Å². The Labute approximate surface area is 123 Å². The third-order valence-corrected chi connectivity index (χ3v) is 7.82. The second-order valence-electron chi connectivity index (χ2n) is 5.58. The predicted molar refractivity (Wildman–Crippen MR) is 90.0 cm³/mol. The Bertz CT molecular complexity index is 163. The highest BCUT2D eigenvalue weighted by Gasteiger charge is 2.36. The molecule has 4 unspecified atom stereocenters. The number of hydrogen-bond donors (Lipinski definition) is 0. The van der Waals surface area contributed by atoms with Crippen LogP contribution >= 0.6 is 23.5 Å². The average molecular weight is 289 g/mol. The van der Waals surface area contributed by atoms with E-state index in [9.17, 15) is 0 Å². The molecule has 18 heavy (non-hydrogen) atoms. The first-order chi connectivity index (χ1) is 8.76. The van der Waals surface area contributed by atoms with Crippen LogP contribution in [0.1, 0.15) is 79.1 Å². The summed E-state index contributed by atoms with van der Waals surface area (Å²) in [6.07, 6.45) is 11.2. The van der Waals surface area contributed by atoms with Gasteiger partial charge in [0.05, 0.1) is 0 Å². The van der Waals surface area contributed by atoms with E-state index in [1.54, 1.807) is 0 Å². The molecule has 0 aromatic carbocycles. The molecule has 108 valence electrons. The van der Waals surface area contributed by atoms with Crippen molar-refractivity contribution >= 4 is 23.5 Å². The summed E-state index contributed by atoms with van der Waals surface area (Å²) in [7, 11) is 0. The highest BCUT2D eigenvalue weighted by Crippen LogP contribution is 2.47. The summed E-state index contributed by atoms with van der Waals surface area (Å²) >= 11 is 4.71. The van der Waals surface area contributed by atoms with Gasteiger partial charge >= 0.3 is 0 Å². The number of thioether (sulfide) groups is 2. The van der Waals surface area contributed by atoms with E-state index in [0.29, 0.717) is 0 Å². The zero-order valence-electron chi connectivity index (χ0n) is 12.8. The van der Waals surface area contributed by atoms with Gasteiger partial charge in [0.25, 0.3) is 0 Å². The fourth-order valence-electron chi connectivity index (χ4n) is 2.95. The molecule has 0 radical (unpaired) electrons. The van der Waals surface area contributed by atoms with Gasteiger partial charge in [0.15, 0.2) is 0 Å². The molecule has 4 atom stereocenters. The van der Waals surface area contributed by atoms with Crippen molar-refractivity contribution in [2.45, 2.75) is 100 Å². The highest BCUT2D eigenvalue weighted by atomic mass is 32.2. The summed E-state index contributed by atoms with van der Waals surface area (Å²) in [4.78, 5) is 0. The van der Waals surface area contributed by atoms with Gasteiger partial charge in [0.1, 0.15) is 0 Å². The van der Waals surface area contributed by atoms with Crippen LogP contribution in [-0.2, 0) is 0 Å². The largest absolute Gasteiger partial charge is 0.153 e. The van der Waals surface area contributed by atoms with E-state index < -0.39 is 0 Å². The minimum absolute atomic E-state index is 0.935. The molecule has 0 amide bonds. The van der Waals surface area contributed by atoms with Gasteiger partial charge in [0.2, 0.25) is 0 Å². The summed E-state index contributed by atoms with van der Waals surface area (Å²) in [5.41, 5.74) is 0. The molecule has 0 aliphatic carbocycles. The van der Waals surface area contributed by atoms with E-state index in [1.807, 2.05) is 0 Å². The predicted octanol–water partition coefficient (Wildman–Crippen LogP) is 6.14. The topological polar surface area (TPSA) is 0 Å². The maximum Gasteiger partial charge on any atom is 0.0169 e. The first-order valence-corrected chi connectivity index (χ1v) is 9.96. The second-order valence-corrected chi connectivity index (χ2v) is 8.55. The summed E-state index contributed by atoms with van der Waals surface area (Å²) in [5, 5.41) is 3.74. The fraction of sp³-hybridized carbons (Fsp3) is 1.00. The lowest BCUT2D eigenvalue weighted by Crippen LogP contribution is -2.36. The maximum absolute atomic E-state index is 2.36. The fourth-order valence-corrected chi connectivity index (χ4v) is 7.35. The molecule has 0 nitrogen and oxygen atoms in total. The SMILES string of the molecule is CCCC1SC(CCC)C(CCC)SC1CCC. The van der Waals surface area contributed by atoms with Crippen molar-refractivity contribution in [2.75, 3.05) is 0 Å². The lowest BCUT2D eigenvalue weighted by molar-refractivity contribution is 0.599. The standard InChI is InChI=1S/C16H32S2/c1-5-9-13-14(10-6-2)18-16(12-8-4)15(17-13)11-7-3/h13-16H,5-12H2,1-4H3. The molecule has 2 heteroatoms. The molecule has 0 saturated carbocycles. The van der Waals surface area contributed by atoms with E-state index in [1.165, 1.54) is 51.4 Å². The highest BCUT2D eigenvalue weighted by molar-refractivity contribution is 8.07. The number of hydrogen-bond acceptors (Lipinski definition) is 2. The molecule has 1 aliphatic heterocycles. The summed E-state index contributed by atoms with van der Waals surface area (Å²) in [6, 6.07) is 0. The van der Waals surface area contributed by atoms with E-state index in [0.717, 1.165) is 21.0 Å². The van der Waals surface area contributed by atoms with Crippen LogP contribution in [0.3, 0.4) is 0 Å². The van der Waals surface area contributed by atoms with Crippen LogP contribution < -0.4 is 0 Å². The molecule has 0 N–H and O–H groups in total. The van der Waals surface area contributed by atoms with Gasteiger partial charge in [0, 0.05) is 21.0 Å². The van der Waals surface area contributed by atoms with Gasteiger partial charge in [-0.05, 0) is 25.7 Å².